The van der Waals surface area contributed by atoms with Crippen molar-refractivity contribution in [3.8, 4) is 0 Å². The van der Waals surface area contributed by atoms with Crippen molar-refractivity contribution < 1.29 is 4.79 Å². The molecule has 0 aromatic carbocycles. The van der Waals surface area contributed by atoms with Crippen molar-refractivity contribution in [1.82, 2.24) is 14.4 Å². The van der Waals surface area contributed by atoms with Gasteiger partial charge in [0.25, 0.3) is 0 Å². The van der Waals surface area contributed by atoms with E-state index in [1.807, 2.05) is 26.8 Å². The SMILES string of the molecule is CCc1nc2nc(C)cc(C)n2c1C=O. The molecule has 2 aromatic heterocycles. The number of fused-ring (bicyclic) bond motifs is 1. The van der Waals surface area contributed by atoms with Crippen molar-refractivity contribution in [2.45, 2.75) is 27.2 Å². The minimum Gasteiger partial charge on any atom is -0.296 e. The lowest BCUT2D eigenvalue weighted by Gasteiger charge is -2.01. The molecule has 78 valence electrons. The second kappa shape index (κ2) is 3.46. The Kier molecular flexibility index (Phi) is 2.26. The zero-order chi connectivity index (χ0) is 11.0. The van der Waals surface area contributed by atoms with Crippen LogP contribution >= 0.6 is 0 Å². The van der Waals surface area contributed by atoms with Crippen molar-refractivity contribution in [2.75, 3.05) is 0 Å². The third-order valence-electron chi connectivity index (χ3n) is 2.46. The maximum absolute atomic E-state index is 11.0. The molecule has 2 heterocycles. The first-order valence-electron chi connectivity index (χ1n) is 4.98. The third kappa shape index (κ3) is 1.42. The van der Waals surface area contributed by atoms with Gasteiger partial charge in [-0.1, -0.05) is 6.92 Å². The summed E-state index contributed by atoms with van der Waals surface area (Å²) in [7, 11) is 0. The van der Waals surface area contributed by atoms with E-state index in [0.717, 1.165) is 29.8 Å². The molecule has 15 heavy (non-hydrogen) atoms. The van der Waals surface area contributed by atoms with E-state index in [1.54, 1.807) is 4.40 Å². The summed E-state index contributed by atoms with van der Waals surface area (Å²) in [6, 6.07) is 1.95. The zero-order valence-electron chi connectivity index (χ0n) is 9.11. The summed E-state index contributed by atoms with van der Waals surface area (Å²) in [5.74, 6) is 0.617. The number of aryl methyl sites for hydroxylation is 3. The van der Waals surface area contributed by atoms with E-state index in [2.05, 4.69) is 9.97 Å². The van der Waals surface area contributed by atoms with Crippen LogP contribution in [0.1, 0.15) is 34.5 Å². The summed E-state index contributed by atoms with van der Waals surface area (Å²) in [6.45, 7) is 5.86. The van der Waals surface area contributed by atoms with Crippen LogP contribution in [0.5, 0.6) is 0 Å². The molecule has 4 heteroatoms. The highest BCUT2D eigenvalue weighted by Crippen LogP contribution is 2.13. The van der Waals surface area contributed by atoms with Crippen LogP contribution in [-0.2, 0) is 6.42 Å². The largest absolute Gasteiger partial charge is 0.296 e. The number of carbonyl (C=O) groups is 1. The second-order valence-corrected chi connectivity index (χ2v) is 3.59. The van der Waals surface area contributed by atoms with E-state index in [1.165, 1.54) is 0 Å². The van der Waals surface area contributed by atoms with Gasteiger partial charge in [0, 0.05) is 11.4 Å². The first-order valence-corrected chi connectivity index (χ1v) is 4.98. The fourth-order valence-corrected chi connectivity index (χ4v) is 1.83. The number of imidazole rings is 1. The number of nitrogens with zero attached hydrogens (tertiary/aromatic N) is 3. The normalized spacial score (nSPS) is 10.9. The van der Waals surface area contributed by atoms with Crippen LogP contribution < -0.4 is 0 Å². The Morgan fingerprint density at radius 2 is 2.13 bits per heavy atom. The van der Waals surface area contributed by atoms with E-state index >= 15 is 0 Å². The topological polar surface area (TPSA) is 47.3 Å². The van der Waals surface area contributed by atoms with Gasteiger partial charge >= 0.3 is 0 Å². The second-order valence-electron chi connectivity index (χ2n) is 3.59. The zero-order valence-corrected chi connectivity index (χ0v) is 9.11. The van der Waals surface area contributed by atoms with Crippen LogP contribution in [0.25, 0.3) is 5.78 Å². The van der Waals surface area contributed by atoms with Crippen LogP contribution in [0.3, 0.4) is 0 Å². The van der Waals surface area contributed by atoms with E-state index < -0.39 is 0 Å². The summed E-state index contributed by atoms with van der Waals surface area (Å²) >= 11 is 0. The minimum atomic E-state index is 0.617. The number of hydrogen-bond acceptors (Lipinski definition) is 3. The molecule has 0 bridgehead atoms. The lowest BCUT2D eigenvalue weighted by Crippen LogP contribution is -2.00. The Hall–Kier alpha value is -1.71. The van der Waals surface area contributed by atoms with Gasteiger partial charge in [0.1, 0.15) is 5.69 Å². The molecule has 2 rings (SSSR count). The van der Waals surface area contributed by atoms with Crippen molar-refractivity contribution in [3.63, 3.8) is 0 Å². The van der Waals surface area contributed by atoms with Crippen molar-refractivity contribution in [1.29, 1.82) is 0 Å². The van der Waals surface area contributed by atoms with Gasteiger partial charge in [-0.05, 0) is 26.3 Å². The smallest absolute Gasteiger partial charge is 0.235 e. The Bertz CT molecular complexity index is 528. The summed E-state index contributed by atoms with van der Waals surface area (Å²) in [5.41, 5.74) is 3.35. The first-order chi connectivity index (χ1) is 7.17. The average Bonchev–Trinajstić information content (AvgIpc) is 2.55. The molecule has 0 aliphatic rings. The van der Waals surface area contributed by atoms with Gasteiger partial charge in [0.05, 0.1) is 5.69 Å². The molecule has 0 radical (unpaired) electrons. The fourth-order valence-electron chi connectivity index (χ4n) is 1.83. The lowest BCUT2D eigenvalue weighted by atomic mass is 10.3. The van der Waals surface area contributed by atoms with Crippen LogP contribution in [0.4, 0.5) is 0 Å². The van der Waals surface area contributed by atoms with Crippen molar-refractivity contribution >= 4 is 12.1 Å². The Balaban J connectivity index is 2.88. The first kappa shape index (κ1) is 9.83. The molecular formula is C11H13N3O. The molecule has 0 fully saturated rings. The van der Waals surface area contributed by atoms with E-state index in [-0.39, 0.29) is 0 Å². The highest BCUT2D eigenvalue weighted by Gasteiger charge is 2.12. The summed E-state index contributed by atoms with van der Waals surface area (Å²) in [5, 5.41) is 0. The number of aldehydes is 1. The lowest BCUT2D eigenvalue weighted by molar-refractivity contribution is 0.111. The summed E-state index contributed by atoms with van der Waals surface area (Å²) < 4.78 is 1.80. The quantitative estimate of drug-likeness (QED) is 0.698. The van der Waals surface area contributed by atoms with Gasteiger partial charge in [0.2, 0.25) is 5.78 Å². The molecule has 0 amide bonds. The van der Waals surface area contributed by atoms with Gasteiger partial charge < -0.3 is 0 Å². The monoisotopic (exact) mass is 203 g/mol. The summed E-state index contributed by atoms with van der Waals surface area (Å²) in [4.78, 5) is 19.7. The van der Waals surface area contributed by atoms with E-state index in [4.69, 9.17) is 0 Å². The molecule has 2 aromatic rings. The van der Waals surface area contributed by atoms with Crippen LogP contribution in [0, 0.1) is 13.8 Å². The standard InChI is InChI=1S/C11H13N3O/c1-4-9-10(6-15)14-8(3)5-7(2)12-11(14)13-9/h5-6H,4H2,1-3H3. The molecule has 0 saturated heterocycles. The van der Waals surface area contributed by atoms with E-state index in [0.29, 0.717) is 11.5 Å². The van der Waals surface area contributed by atoms with Gasteiger partial charge in [0.15, 0.2) is 6.29 Å². The molecule has 0 atom stereocenters. The Labute approximate surface area is 88.0 Å². The molecule has 0 spiro atoms. The van der Waals surface area contributed by atoms with E-state index in [9.17, 15) is 4.79 Å². The van der Waals surface area contributed by atoms with Crippen molar-refractivity contribution in [2.24, 2.45) is 0 Å². The molecule has 0 unspecified atom stereocenters. The average molecular weight is 203 g/mol. The van der Waals surface area contributed by atoms with Crippen molar-refractivity contribution in [3.05, 3.63) is 28.8 Å². The van der Waals surface area contributed by atoms with Gasteiger partial charge in [-0.2, -0.15) is 0 Å². The van der Waals surface area contributed by atoms with Crippen LogP contribution in [0.2, 0.25) is 0 Å². The molecule has 0 saturated carbocycles. The predicted octanol–water partition coefficient (Wildman–Crippen LogP) is 1.72. The van der Waals surface area contributed by atoms with Gasteiger partial charge in [-0.25, -0.2) is 9.97 Å². The van der Waals surface area contributed by atoms with Crippen LogP contribution in [-0.4, -0.2) is 20.7 Å². The predicted molar refractivity (Wildman–Crippen MR) is 57.2 cm³/mol. The number of aromatic nitrogens is 3. The molecule has 4 nitrogen and oxygen atoms in total. The molecule has 0 aliphatic carbocycles. The molecule has 0 N–H and O–H groups in total. The third-order valence-corrected chi connectivity index (χ3v) is 2.46. The van der Waals surface area contributed by atoms with Gasteiger partial charge in [-0.15, -0.1) is 0 Å². The highest BCUT2D eigenvalue weighted by atomic mass is 16.1. The maximum Gasteiger partial charge on any atom is 0.235 e. The number of hydrogen-bond donors (Lipinski definition) is 0. The molecular weight excluding hydrogens is 190 g/mol. The van der Waals surface area contributed by atoms with Crippen LogP contribution in [0.15, 0.2) is 6.07 Å². The molecule has 0 aliphatic heterocycles. The Morgan fingerprint density at radius 1 is 1.40 bits per heavy atom. The fraction of sp³-hybridized carbons (Fsp3) is 0.364. The maximum atomic E-state index is 11.0. The number of carbonyl (C=O) groups excluding carboxylic acids is 1. The van der Waals surface area contributed by atoms with Gasteiger partial charge in [-0.3, -0.25) is 9.20 Å². The minimum absolute atomic E-state index is 0.617. The summed E-state index contributed by atoms with van der Waals surface area (Å²) in [6.07, 6.45) is 1.60. The Morgan fingerprint density at radius 3 is 2.73 bits per heavy atom. The highest BCUT2D eigenvalue weighted by molar-refractivity contribution is 5.76. The number of rotatable bonds is 2.